The third kappa shape index (κ3) is 2.78. The summed E-state index contributed by atoms with van der Waals surface area (Å²) in [4.78, 5) is 4.09. The van der Waals surface area contributed by atoms with Crippen LogP contribution < -0.4 is 15.2 Å². The zero-order chi connectivity index (χ0) is 14.8. The summed E-state index contributed by atoms with van der Waals surface area (Å²) in [7, 11) is 0. The molecule has 110 valence electrons. The van der Waals surface area contributed by atoms with Crippen LogP contribution in [-0.2, 0) is 0 Å². The highest BCUT2D eigenvalue weighted by Crippen LogP contribution is 2.35. The standard InChI is InChI=1S/C16H18N2O3/c1-10-7-12(16(17)18-9-10)15(19)11-3-4-13-14(8-11)21-6-2-5-20-13/h3-4,7-9,15,19H,2,5-6H2,1H3,(H2,17,18). The monoisotopic (exact) mass is 286 g/mol. The summed E-state index contributed by atoms with van der Waals surface area (Å²) in [6.07, 6.45) is 1.69. The molecule has 1 aliphatic rings. The van der Waals surface area contributed by atoms with Crippen LogP contribution in [0.25, 0.3) is 0 Å². The van der Waals surface area contributed by atoms with Gasteiger partial charge in [0.15, 0.2) is 11.5 Å². The van der Waals surface area contributed by atoms with Crippen molar-refractivity contribution < 1.29 is 14.6 Å². The fourth-order valence-corrected chi connectivity index (χ4v) is 2.35. The molecular weight excluding hydrogens is 268 g/mol. The van der Waals surface area contributed by atoms with Crippen molar-refractivity contribution in [2.24, 2.45) is 0 Å². The van der Waals surface area contributed by atoms with E-state index >= 15 is 0 Å². The van der Waals surface area contributed by atoms with E-state index in [4.69, 9.17) is 15.2 Å². The van der Waals surface area contributed by atoms with Gasteiger partial charge in [0.2, 0.25) is 0 Å². The van der Waals surface area contributed by atoms with E-state index in [1.165, 1.54) is 0 Å². The molecule has 0 fully saturated rings. The summed E-state index contributed by atoms with van der Waals surface area (Å²) < 4.78 is 11.2. The first-order valence-corrected chi connectivity index (χ1v) is 6.95. The average Bonchev–Trinajstić information content (AvgIpc) is 2.73. The zero-order valence-corrected chi connectivity index (χ0v) is 11.9. The molecule has 0 spiro atoms. The van der Waals surface area contributed by atoms with Gasteiger partial charge in [-0.2, -0.15) is 0 Å². The Morgan fingerprint density at radius 1 is 1.19 bits per heavy atom. The summed E-state index contributed by atoms with van der Waals surface area (Å²) in [5.74, 6) is 1.70. The highest BCUT2D eigenvalue weighted by molar-refractivity contribution is 5.50. The van der Waals surface area contributed by atoms with E-state index in [0.717, 1.165) is 12.0 Å². The van der Waals surface area contributed by atoms with E-state index in [1.807, 2.05) is 25.1 Å². The third-order valence-electron chi connectivity index (χ3n) is 3.47. The zero-order valence-electron chi connectivity index (χ0n) is 11.9. The molecule has 1 aliphatic heterocycles. The number of aryl methyl sites for hydroxylation is 1. The maximum Gasteiger partial charge on any atom is 0.161 e. The summed E-state index contributed by atoms with van der Waals surface area (Å²) in [5.41, 5.74) is 8.12. The lowest BCUT2D eigenvalue weighted by molar-refractivity contribution is 0.219. The molecule has 0 bridgehead atoms. The van der Waals surface area contributed by atoms with Crippen molar-refractivity contribution in [3.8, 4) is 11.5 Å². The van der Waals surface area contributed by atoms with Crippen LogP contribution in [0.15, 0.2) is 30.5 Å². The quantitative estimate of drug-likeness (QED) is 0.885. The number of aromatic nitrogens is 1. The van der Waals surface area contributed by atoms with Gasteiger partial charge in [0.1, 0.15) is 11.9 Å². The number of nitrogens with zero attached hydrogens (tertiary/aromatic N) is 1. The van der Waals surface area contributed by atoms with Crippen LogP contribution in [0.2, 0.25) is 0 Å². The van der Waals surface area contributed by atoms with Crippen LogP contribution in [0.5, 0.6) is 11.5 Å². The molecule has 0 saturated heterocycles. The minimum Gasteiger partial charge on any atom is -0.490 e. The Hall–Kier alpha value is -2.27. The van der Waals surface area contributed by atoms with Crippen LogP contribution in [0.3, 0.4) is 0 Å². The second-order valence-corrected chi connectivity index (χ2v) is 5.15. The Balaban J connectivity index is 1.96. The summed E-state index contributed by atoms with van der Waals surface area (Å²) in [6, 6.07) is 7.28. The molecular formula is C16H18N2O3. The van der Waals surface area contributed by atoms with E-state index in [-0.39, 0.29) is 0 Å². The number of pyridine rings is 1. The lowest BCUT2D eigenvalue weighted by Gasteiger charge is -2.16. The number of benzene rings is 1. The van der Waals surface area contributed by atoms with Gasteiger partial charge in [-0.05, 0) is 36.2 Å². The van der Waals surface area contributed by atoms with Gasteiger partial charge in [-0.3, -0.25) is 0 Å². The van der Waals surface area contributed by atoms with Crippen molar-refractivity contribution >= 4 is 5.82 Å². The number of rotatable bonds is 2. The molecule has 3 N–H and O–H groups in total. The number of ether oxygens (including phenoxy) is 2. The van der Waals surface area contributed by atoms with Crippen molar-refractivity contribution in [1.82, 2.24) is 4.98 Å². The Kier molecular flexibility index (Phi) is 3.66. The van der Waals surface area contributed by atoms with Crippen molar-refractivity contribution in [1.29, 1.82) is 0 Å². The summed E-state index contributed by atoms with van der Waals surface area (Å²) in [5, 5.41) is 10.6. The second-order valence-electron chi connectivity index (χ2n) is 5.15. The SMILES string of the molecule is Cc1cnc(N)c(C(O)c2ccc3c(c2)OCCCO3)c1. The molecule has 0 saturated carbocycles. The Morgan fingerprint density at radius 2 is 1.95 bits per heavy atom. The van der Waals surface area contributed by atoms with Crippen molar-refractivity contribution in [3.63, 3.8) is 0 Å². The molecule has 0 radical (unpaired) electrons. The Morgan fingerprint density at radius 3 is 2.76 bits per heavy atom. The highest BCUT2D eigenvalue weighted by Gasteiger charge is 2.18. The van der Waals surface area contributed by atoms with Crippen LogP contribution in [-0.4, -0.2) is 23.3 Å². The maximum absolute atomic E-state index is 10.6. The molecule has 0 aliphatic carbocycles. The third-order valence-corrected chi connectivity index (χ3v) is 3.47. The first kappa shape index (κ1) is 13.7. The molecule has 2 heterocycles. The highest BCUT2D eigenvalue weighted by atomic mass is 16.5. The molecule has 0 amide bonds. The van der Waals surface area contributed by atoms with Crippen LogP contribution >= 0.6 is 0 Å². The van der Waals surface area contributed by atoms with E-state index in [0.29, 0.717) is 41.7 Å². The molecule has 2 aromatic rings. The topological polar surface area (TPSA) is 77.6 Å². The number of nitrogen functional groups attached to an aromatic ring is 1. The number of fused-ring (bicyclic) bond motifs is 1. The van der Waals surface area contributed by atoms with Crippen LogP contribution in [0.1, 0.15) is 29.2 Å². The molecule has 5 nitrogen and oxygen atoms in total. The normalized spacial score (nSPS) is 15.3. The van der Waals surface area contributed by atoms with Crippen LogP contribution in [0.4, 0.5) is 5.82 Å². The smallest absolute Gasteiger partial charge is 0.161 e. The van der Waals surface area contributed by atoms with Crippen molar-refractivity contribution in [3.05, 3.63) is 47.2 Å². The molecule has 1 unspecified atom stereocenters. The predicted octanol–water partition coefficient (Wildman–Crippen LogP) is 2.22. The first-order valence-electron chi connectivity index (χ1n) is 6.95. The van der Waals surface area contributed by atoms with Gasteiger partial charge in [0.05, 0.1) is 13.2 Å². The Bertz CT molecular complexity index is 658. The largest absolute Gasteiger partial charge is 0.490 e. The Labute approximate surface area is 123 Å². The van der Waals surface area contributed by atoms with Crippen LogP contribution in [0, 0.1) is 6.92 Å². The lowest BCUT2D eigenvalue weighted by atomic mass is 10.0. The maximum atomic E-state index is 10.6. The predicted molar refractivity (Wildman–Crippen MR) is 79.5 cm³/mol. The van der Waals surface area contributed by atoms with Gasteiger partial charge in [-0.25, -0.2) is 4.98 Å². The summed E-state index contributed by atoms with van der Waals surface area (Å²) in [6.45, 7) is 3.17. The van der Waals surface area contributed by atoms with Crippen molar-refractivity contribution in [2.75, 3.05) is 18.9 Å². The number of aliphatic hydroxyl groups excluding tert-OH is 1. The van der Waals surface area contributed by atoms with Gasteiger partial charge >= 0.3 is 0 Å². The van der Waals surface area contributed by atoms with E-state index < -0.39 is 6.10 Å². The van der Waals surface area contributed by atoms with E-state index in [2.05, 4.69) is 4.98 Å². The molecule has 5 heteroatoms. The number of hydrogen-bond acceptors (Lipinski definition) is 5. The minimum absolute atomic E-state index is 0.334. The number of nitrogens with two attached hydrogens (primary N) is 1. The molecule has 21 heavy (non-hydrogen) atoms. The van der Waals surface area contributed by atoms with Gasteiger partial charge < -0.3 is 20.3 Å². The molecule has 3 rings (SSSR count). The molecule has 1 aromatic carbocycles. The number of hydrogen-bond donors (Lipinski definition) is 2. The second kappa shape index (κ2) is 5.61. The average molecular weight is 286 g/mol. The fraction of sp³-hybridized carbons (Fsp3) is 0.312. The van der Waals surface area contributed by atoms with Gasteiger partial charge in [0, 0.05) is 18.2 Å². The van der Waals surface area contributed by atoms with Gasteiger partial charge in [0.25, 0.3) is 0 Å². The van der Waals surface area contributed by atoms with E-state index in [9.17, 15) is 5.11 Å². The number of anilines is 1. The minimum atomic E-state index is -0.838. The fourth-order valence-electron chi connectivity index (χ4n) is 2.35. The summed E-state index contributed by atoms with van der Waals surface area (Å²) >= 11 is 0. The molecule has 1 atom stereocenters. The van der Waals surface area contributed by atoms with Crippen molar-refractivity contribution in [2.45, 2.75) is 19.4 Å². The van der Waals surface area contributed by atoms with Gasteiger partial charge in [-0.15, -0.1) is 0 Å². The lowest BCUT2D eigenvalue weighted by Crippen LogP contribution is -2.06. The van der Waals surface area contributed by atoms with Gasteiger partial charge in [-0.1, -0.05) is 6.07 Å². The molecule has 1 aromatic heterocycles. The van der Waals surface area contributed by atoms with E-state index in [1.54, 1.807) is 12.3 Å². The number of aliphatic hydroxyl groups is 1. The first-order chi connectivity index (χ1) is 10.1.